The van der Waals surface area contributed by atoms with Crippen molar-refractivity contribution in [3.63, 3.8) is 0 Å². The van der Waals surface area contributed by atoms with E-state index in [2.05, 4.69) is 4.98 Å². The maximum absolute atomic E-state index is 5.71. The highest BCUT2D eigenvalue weighted by Crippen LogP contribution is 2.43. The van der Waals surface area contributed by atoms with E-state index in [0.717, 1.165) is 16.5 Å². The van der Waals surface area contributed by atoms with E-state index in [1.165, 1.54) is 0 Å². The quantitative estimate of drug-likeness (QED) is 0.892. The number of aromatic nitrogens is 1. The van der Waals surface area contributed by atoms with Crippen LogP contribution in [0.4, 0.5) is 0 Å². The van der Waals surface area contributed by atoms with Gasteiger partial charge in [0.25, 0.3) is 0 Å². The van der Waals surface area contributed by atoms with Gasteiger partial charge in [-0.3, -0.25) is 4.98 Å². The lowest BCUT2D eigenvalue weighted by atomic mass is 10.1. The van der Waals surface area contributed by atoms with Gasteiger partial charge < -0.3 is 19.9 Å². The van der Waals surface area contributed by atoms with Gasteiger partial charge in [0.2, 0.25) is 5.75 Å². The number of hydrogen-bond donors (Lipinski definition) is 1. The van der Waals surface area contributed by atoms with Crippen LogP contribution in [0.15, 0.2) is 18.3 Å². The molecule has 18 heavy (non-hydrogen) atoms. The van der Waals surface area contributed by atoms with Gasteiger partial charge >= 0.3 is 0 Å². The molecule has 0 bridgehead atoms. The topological polar surface area (TPSA) is 66.6 Å². The number of methoxy groups -OCH3 is 3. The van der Waals surface area contributed by atoms with Crippen molar-refractivity contribution in [2.45, 2.75) is 6.54 Å². The number of hydrogen-bond acceptors (Lipinski definition) is 5. The highest BCUT2D eigenvalue weighted by molar-refractivity contribution is 5.94. The van der Waals surface area contributed by atoms with Crippen LogP contribution in [0.2, 0.25) is 0 Å². The Bertz CT molecular complexity index is 570. The Labute approximate surface area is 105 Å². The van der Waals surface area contributed by atoms with Crippen LogP contribution in [0, 0.1) is 0 Å². The second-order valence-corrected chi connectivity index (χ2v) is 3.71. The second kappa shape index (κ2) is 5.10. The molecule has 0 aliphatic rings. The molecule has 0 radical (unpaired) electrons. The molecule has 0 saturated heterocycles. The zero-order valence-corrected chi connectivity index (χ0v) is 10.7. The first-order valence-electron chi connectivity index (χ1n) is 5.53. The number of rotatable bonds is 4. The van der Waals surface area contributed by atoms with Gasteiger partial charge in [-0.2, -0.15) is 0 Å². The molecular weight excluding hydrogens is 232 g/mol. The lowest BCUT2D eigenvalue weighted by Gasteiger charge is -2.16. The summed E-state index contributed by atoms with van der Waals surface area (Å²) in [5.74, 6) is 1.77. The van der Waals surface area contributed by atoms with E-state index in [4.69, 9.17) is 19.9 Å². The van der Waals surface area contributed by atoms with E-state index >= 15 is 0 Å². The number of nitrogens with zero attached hydrogens (tertiary/aromatic N) is 1. The van der Waals surface area contributed by atoms with Crippen LogP contribution in [-0.4, -0.2) is 26.3 Å². The van der Waals surface area contributed by atoms with Gasteiger partial charge in [0.1, 0.15) is 0 Å². The van der Waals surface area contributed by atoms with E-state index in [1.807, 2.05) is 12.1 Å². The Morgan fingerprint density at radius 2 is 1.83 bits per heavy atom. The maximum atomic E-state index is 5.71. The first kappa shape index (κ1) is 12.4. The molecule has 0 spiro atoms. The van der Waals surface area contributed by atoms with Gasteiger partial charge in [-0.1, -0.05) is 0 Å². The summed E-state index contributed by atoms with van der Waals surface area (Å²) in [6.45, 7) is 0.336. The summed E-state index contributed by atoms with van der Waals surface area (Å²) in [5, 5.41) is 1.82. The Morgan fingerprint density at radius 3 is 2.39 bits per heavy atom. The average molecular weight is 248 g/mol. The molecule has 0 amide bonds. The molecule has 0 fully saturated rings. The van der Waals surface area contributed by atoms with E-state index in [1.54, 1.807) is 27.5 Å². The predicted molar refractivity (Wildman–Crippen MR) is 69.3 cm³/mol. The number of ether oxygens (including phenoxy) is 3. The van der Waals surface area contributed by atoms with E-state index < -0.39 is 0 Å². The standard InChI is InChI=1S/C13H16N2O3/c1-16-10-6-8-4-5-15-9(7-14)11(8)13(18-3)12(10)17-2/h4-6H,7,14H2,1-3H3. The van der Waals surface area contributed by atoms with Crippen molar-refractivity contribution in [3.05, 3.63) is 24.0 Å². The lowest BCUT2D eigenvalue weighted by Crippen LogP contribution is -2.03. The SMILES string of the molecule is COc1cc2ccnc(CN)c2c(OC)c1OC. The molecular formula is C13H16N2O3. The Hall–Kier alpha value is -2.01. The van der Waals surface area contributed by atoms with Gasteiger partial charge in [-0.15, -0.1) is 0 Å². The molecule has 0 unspecified atom stereocenters. The van der Waals surface area contributed by atoms with Crippen LogP contribution < -0.4 is 19.9 Å². The summed E-state index contributed by atoms with van der Waals surface area (Å²) < 4.78 is 16.1. The first-order valence-corrected chi connectivity index (χ1v) is 5.53. The van der Waals surface area contributed by atoms with Crippen molar-refractivity contribution < 1.29 is 14.2 Å². The molecule has 0 saturated carbocycles. The molecule has 96 valence electrons. The summed E-state index contributed by atoms with van der Waals surface area (Å²) in [7, 11) is 4.75. The third-order valence-electron chi connectivity index (χ3n) is 2.83. The molecule has 0 atom stereocenters. The largest absolute Gasteiger partial charge is 0.493 e. The Kier molecular flexibility index (Phi) is 3.53. The van der Waals surface area contributed by atoms with Crippen LogP contribution in [-0.2, 0) is 6.54 Å². The molecule has 0 aliphatic heterocycles. The Morgan fingerprint density at radius 1 is 1.11 bits per heavy atom. The van der Waals surface area contributed by atoms with Crippen molar-refractivity contribution in [3.8, 4) is 17.2 Å². The summed E-state index contributed by atoms with van der Waals surface area (Å²) in [6, 6.07) is 3.77. The predicted octanol–water partition coefficient (Wildman–Crippen LogP) is 1.72. The highest BCUT2D eigenvalue weighted by atomic mass is 16.5. The zero-order valence-electron chi connectivity index (χ0n) is 10.7. The first-order chi connectivity index (χ1) is 8.76. The smallest absolute Gasteiger partial charge is 0.204 e. The monoisotopic (exact) mass is 248 g/mol. The zero-order chi connectivity index (χ0) is 13.1. The van der Waals surface area contributed by atoms with E-state index in [-0.39, 0.29) is 0 Å². The fourth-order valence-corrected chi connectivity index (χ4v) is 2.03. The maximum Gasteiger partial charge on any atom is 0.204 e. The van der Waals surface area contributed by atoms with Crippen LogP contribution in [0.3, 0.4) is 0 Å². The van der Waals surface area contributed by atoms with Crippen molar-refractivity contribution in [2.75, 3.05) is 21.3 Å². The summed E-state index contributed by atoms with van der Waals surface area (Å²) in [6.07, 6.45) is 1.72. The van der Waals surface area contributed by atoms with Crippen LogP contribution >= 0.6 is 0 Å². The van der Waals surface area contributed by atoms with Gasteiger partial charge in [-0.05, 0) is 17.5 Å². The van der Waals surface area contributed by atoms with Crippen molar-refractivity contribution >= 4 is 10.8 Å². The van der Waals surface area contributed by atoms with Crippen molar-refractivity contribution in [1.82, 2.24) is 4.98 Å². The van der Waals surface area contributed by atoms with Crippen molar-refractivity contribution in [2.24, 2.45) is 5.73 Å². The number of fused-ring (bicyclic) bond motifs is 1. The minimum absolute atomic E-state index is 0.336. The third kappa shape index (κ3) is 1.82. The number of benzene rings is 1. The second-order valence-electron chi connectivity index (χ2n) is 3.71. The van der Waals surface area contributed by atoms with Gasteiger partial charge in [-0.25, -0.2) is 0 Å². The normalized spacial score (nSPS) is 10.4. The van der Waals surface area contributed by atoms with Gasteiger partial charge in [0, 0.05) is 12.7 Å². The Balaban J connectivity index is 2.88. The molecule has 5 heteroatoms. The fourth-order valence-electron chi connectivity index (χ4n) is 2.03. The number of nitrogens with two attached hydrogens (primary N) is 1. The van der Waals surface area contributed by atoms with E-state index in [9.17, 15) is 0 Å². The molecule has 2 rings (SSSR count). The molecule has 2 aromatic rings. The summed E-state index contributed by atoms with van der Waals surface area (Å²) >= 11 is 0. The van der Waals surface area contributed by atoms with Crippen LogP contribution in [0.1, 0.15) is 5.69 Å². The minimum atomic E-state index is 0.336. The summed E-state index contributed by atoms with van der Waals surface area (Å²) in [5.41, 5.74) is 6.48. The lowest BCUT2D eigenvalue weighted by molar-refractivity contribution is 0.327. The molecule has 5 nitrogen and oxygen atoms in total. The molecule has 1 aromatic heterocycles. The van der Waals surface area contributed by atoms with Crippen molar-refractivity contribution in [1.29, 1.82) is 0 Å². The molecule has 1 aromatic carbocycles. The molecule has 0 aliphatic carbocycles. The van der Waals surface area contributed by atoms with Crippen LogP contribution in [0.25, 0.3) is 10.8 Å². The third-order valence-corrected chi connectivity index (χ3v) is 2.83. The average Bonchev–Trinajstić information content (AvgIpc) is 2.43. The van der Waals surface area contributed by atoms with Gasteiger partial charge in [0.15, 0.2) is 11.5 Å². The van der Waals surface area contributed by atoms with E-state index in [0.29, 0.717) is 23.8 Å². The minimum Gasteiger partial charge on any atom is -0.493 e. The van der Waals surface area contributed by atoms with Crippen LogP contribution in [0.5, 0.6) is 17.2 Å². The molecule has 2 N–H and O–H groups in total. The highest BCUT2D eigenvalue weighted by Gasteiger charge is 2.18. The fraction of sp³-hybridized carbons (Fsp3) is 0.308. The summed E-state index contributed by atoms with van der Waals surface area (Å²) in [4.78, 5) is 4.26. The number of pyridine rings is 1. The molecule has 1 heterocycles. The van der Waals surface area contributed by atoms with Gasteiger partial charge in [0.05, 0.1) is 32.4 Å².